The summed E-state index contributed by atoms with van der Waals surface area (Å²) in [5.74, 6) is 3.04. The van der Waals surface area contributed by atoms with Gasteiger partial charge in [0.05, 0.1) is 0 Å². The van der Waals surface area contributed by atoms with Gasteiger partial charge in [0.25, 0.3) is 0 Å². The third kappa shape index (κ3) is 1.57. The number of hydrogen-bond donors (Lipinski definition) is 0. The molecule has 0 aromatic heterocycles. The van der Waals surface area contributed by atoms with Gasteiger partial charge in [0.1, 0.15) is 5.60 Å². The second-order valence-electron chi connectivity index (χ2n) is 6.65. The minimum Gasteiger partial charge on any atom is -0.455 e. The third-order valence-electron chi connectivity index (χ3n) is 5.83. The predicted octanol–water partition coefficient (Wildman–Crippen LogP) is 3.71. The second-order valence-corrected chi connectivity index (χ2v) is 6.65. The molecule has 2 unspecified atom stereocenters. The highest BCUT2D eigenvalue weighted by atomic mass is 16.6. The van der Waals surface area contributed by atoms with E-state index in [4.69, 9.17) is 4.74 Å². The zero-order valence-corrected chi connectivity index (χ0v) is 11.6. The molecule has 2 bridgehead atoms. The van der Waals surface area contributed by atoms with Crippen molar-refractivity contribution in [2.24, 2.45) is 23.7 Å². The number of rotatable bonds is 3. The first-order chi connectivity index (χ1) is 8.57. The fraction of sp³-hybridized carbons (Fsp3) is 0.812. The van der Waals surface area contributed by atoms with E-state index in [1.165, 1.54) is 25.7 Å². The molecule has 3 fully saturated rings. The molecule has 0 aromatic carbocycles. The van der Waals surface area contributed by atoms with Crippen LogP contribution in [-0.2, 0) is 9.53 Å². The van der Waals surface area contributed by atoms with Crippen LogP contribution in [0.2, 0.25) is 0 Å². The van der Waals surface area contributed by atoms with E-state index in [9.17, 15) is 4.79 Å². The van der Waals surface area contributed by atoms with Gasteiger partial charge in [-0.2, -0.15) is 0 Å². The van der Waals surface area contributed by atoms with Gasteiger partial charge in [-0.3, -0.25) is 0 Å². The number of esters is 1. The van der Waals surface area contributed by atoms with Crippen LogP contribution in [-0.4, -0.2) is 11.6 Å². The van der Waals surface area contributed by atoms with Crippen molar-refractivity contribution in [1.29, 1.82) is 0 Å². The zero-order chi connectivity index (χ0) is 12.9. The molecule has 3 rings (SSSR count). The summed E-state index contributed by atoms with van der Waals surface area (Å²) in [7, 11) is 0. The topological polar surface area (TPSA) is 26.3 Å². The number of carbonyl (C=O) groups excluding carboxylic acids is 1. The van der Waals surface area contributed by atoms with Crippen molar-refractivity contribution in [2.45, 2.75) is 58.0 Å². The van der Waals surface area contributed by atoms with E-state index in [1.54, 1.807) is 6.92 Å². The van der Waals surface area contributed by atoms with Crippen molar-refractivity contribution in [1.82, 2.24) is 0 Å². The lowest BCUT2D eigenvalue weighted by Crippen LogP contribution is -2.44. The molecular weight excluding hydrogens is 224 g/mol. The van der Waals surface area contributed by atoms with E-state index in [0.29, 0.717) is 11.5 Å². The molecule has 3 aliphatic carbocycles. The fourth-order valence-corrected chi connectivity index (χ4v) is 5.08. The van der Waals surface area contributed by atoms with E-state index >= 15 is 0 Å². The Labute approximate surface area is 110 Å². The van der Waals surface area contributed by atoms with Crippen LogP contribution < -0.4 is 0 Å². The highest BCUT2D eigenvalue weighted by Gasteiger charge is 2.61. The molecule has 100 valence electrons. The van der Waals surface area contributed by atoms with Crippen molar-refractivity contribution in [3.63, 3.8) is 0 Å². The zero-order valence-electron chi connectivity index (χ0n) is 11.6. The number of hydrogen-bond acceptors (Lipinski definition) is 2. The van der Waals surface area contributed by atoms with Crippen LogP contribution in [0.5, 0.6) is 0 Å². The molecule has 3 aliphatic rings. The Balaban J connectivity index is 1.82. The second kappa shape index (κ2) is 4.11. The Morgan fingerprint density at radius 1 is 1.39 bits per heavy atom. The Morgan fingerprint density at radius 3 is 2.78 bits per heavy atom. The van der Waals surface area contributed by atoms with Crippen LogP contribution in [0.25, 0.3) is 0 Å². The Hall–Kier alpha value is -0.790. The lowest BCUT2D eigenvalue weighted by molar-refractivity contribution is -0.165. The lowest BCUT2D eigenvalue weighted by atomic mass is 9.71. The van der Waals surface area contributed by atoms with Gasteiger partial charge in [0, 0.05) is 11.5 Å². The largest absolute Gasteiger partial charge is 0.455 e. The van der Waals surface area contributed by atoms with Crippen molar-refractivity contribution >= 4 is 5.97 Å². The molecule has 5 atom stereocenters. The number of ether oxygens (including phenoxy) is 1. The normalized spacial score (nSPS) is 45.0. The van der Waals surface area contributed by atoms with Gasteiger partial charge in [0.2, 0.25) is 0 Å². The molecule has 0 aliphatic heterocycles. The summed E-state index contributed by atoms with van der Waals surface area (Å²) in [4.78, 5) is 11.9. The Kier molecular flexibility index (Phi) is 2.80. The Bertz CT molecular complexity index is 387. The Morgan fingerprint density at radius 2 is 2.11 bits per heavy atom. The van der Waals surface area contributed by atoms with Crippen LogP contribution >= 0.6 is 0 Å². The highest BCUT2D eigenvalue weighted by Crippen LogP contribution is 2.64. The van der Waals surface area contributed by atoms with Gasteiger partial charge in [-0.25, -0.2) is 4.79 Å². The average molecular weight is 248 g/mol. The predicted molar refractivity (Wildman–Crippen MR) is 71.0 cm³/mol. The summed E-state index contributed by atoms with van der Waals surface area (Å²) >= 11 is 0. The highest BCUT2D eigenvalue weighted by molar-refractivity contribution is 5.87. The molecule has 2 heteroatoms. The first-order valence-corrected chi connectivity index (χ1v) is 7.46. The van der Waals surface area contributed by atoms with E-state index < -0.39 is 0 Å². The van der Waals surface area contributed by atoms with Gasteiger partial charge >= 0.3 is 5.97 Å². The number of fused-ring (bicyclic) bond motifs is 5. The van der Waals surface area contributed by atoms with E-state index in [-0.39, 0.29) is 11.6 Å². The van der Waals surface area contributed by atoms with Crippen molar-refractivity contribution in [2.75, 3.05) is 0 Å². The van der Waals surface area contributed by atoms with Crippen LogP contribution in [0.3, 0.4) is 0 Å². The van der Waals surface area contributed by atoms with Crippen LogP contribution in [0.1, 0.15) is 52.4 Å². The maximum atomic E-state index is 11.9. The van der Waals surface area contributed by atoms with Gasteiger partial charge in [-0.15, -0.1) is 0 Å². The molecule has 18 heavy (non-hydrogen) atoms. The third-order valence-corrected chi connectivity index (χ3v) is 5.83. The van der Waals surface area contributed by atoms with Gasteiger partial charge < -0.3 is 4.74 Å². The van der Waals surface area contributed by atoms with E-state index in [1.807, 2.05) is 0 Å². The van der Waals surface area contributed by atoms with Crippen molar-refractivity contribution in [3.05, 3.63) is 12.2 Å². The molecule has 2 nitrogen and oxygen atoms in total. The minimum atomic E-state index is -0.182. The minimum absolute atomic E-state index is 0.161. The standard InChI is InChI=1S/C16H24O2/c1-4-16(18-15(17)10(2)3)9-11-8-14(16)13-7-5-6-12(11)13/h11-14H,2,4-9H2,1,3H3/t11-,12?,13?,14-,16+/m1/s1. The lowest BCUT2D eigenvalue weighted by Gasteiger charge is -2.41. The molecule has 0 heterocycles. The summed E-state index contributed by atoms with van der Waals surface area (Å²) in [5.41, 5.74) is 0.375. The SMILES string of the molecule is C=C(C)C(=O)O[C@@]1(CC)C[C@H]2C[C@@H]1C1CCCC12. The maximum absolute atomic E-state index is 11.9. The van der Waals surface area contributed by atoms with Gasteiger partial charge in [0.15, 0.2) is 0 Å². The quantitative estimate of drug-likeness (QED) is 0.562. The van der Waals surface area contributed by atoms with Crippen LogP contribution in [0.4, 0.5) is 0 Å². The molecule has 0 N–H and O–H groups in total. The number of carbonyl (C=O) groups is 1. The molecule has 3 saturated carbocycles. The van der Waals surface area contributed by atoms with Crippen LogP contribution in [0, 0.1) is 23.7 Å². The monoisotopic (exact) mass is 248 g/mol. The molecule has 0 radical (unpaired) electrons. The summed E-state index contributed by atoms with van der Waals surface area (Å²) < 4.78 is 5.91. The van der Waals surface area contributed by atoms with Crippen LogP contribution in [0.15, 0.2) is 12.2 Å². The molecule has 0 saturated heterocycles. The van der Waals surface area contributed by atoms with Gasteiger partial charge in [-0.05, 0) is 56.8 Å². The summed E-state index contributed by atoms with van der Waals surface area (Å²) in [6, 6.07) is 0. The van der Waals surface area contributed by atoms with Crippen molar-refractivity contribution in [3.8, 4) is 0 Å². The molecule has 0 aromatic rings. The van der Waals surface area contributed by atoms with E-state index in [0.717, 1.165) is 30.6 Å². The smallest absolute Gasteiger partial charge is 0.333 e. The maximum Gasteiger partial charge on any atom is 0.333 e. The molecule has 0 spiro atoms. The van der Waals surface area contributed by atoms with E-state index in [2.05, 4.69) is 13.5 Å². The summed E-state index contributed by atoms with van der Waals surface area (Å²) in [6.07, 6.45) is 7.53. The molecule has 0 amide bonds. The summed E-state index contributed by atoms with van der Waals surface area (Å²) in [5, 5.41) is 0. The van der Waals surface area contributed by atoms with Gasteiger partial charge in [-0.1, -0.05) is 19.9 Å². The first kappa shape index (κ1) is 12.3. The first-order valence-electron chi connectivity index (χ1n) is 7.46. The average Bonchev–Trinajstić information content (AvgIpc) is 2.99. The molecular formula is C16H24O2. The fourth-order valence-electron chi connectivity index (χ4n) is 5.08. The van der Waals surface area contributed by atoms with Crippen molar-refractivity contribution < 1.29 is 9.53 Å². The summed E-state index contributed by atoms with van der Waals surface area (Å²) in [6.45, 7) is 7.64.